The summed E-state index contributed by atoms with van der Waals surface area (Å²) in [5, 5.41) is 3.37. The van der Waals surface area contributed by atoms with E-state index in [0.717, 1.165) is 25.2 Å². The molecule has 112 valence electrons. The third-order valence-electron chi connectivity index (χ3n) is 5.24. The van der Waals surface area contributed by atoms with E-state index in [1.165, 1.54) is 25.7 Å². The lowest BCUT2D eigenvalue weighted by atomic mass is 9.76. The molecule has 0 heterocycles. The maximum atomic E-state index is 12.7. The predicted octanol–water partition coefficient (Wildman–Crippen LogP) is 4.52. The summed E-state index contributed by atoms with van der Waals surface area (Å²) < 4.78 is 38.0. The van der Waals surface area contributed by atoms with Gasteiger partial charge in [0, 0.05) is 6.04 Å². The molecule has 0 spiro atoms. The molecule has 0 aromatic heterocycles. The van der Waals surface area contributed by atoms with E-state index in [1.807, 2.05) is 7.05 Å². The van der Waals surface area contributed by atoms with E-state index in [2.05, 4.69) is 5.32 Å². The van der Waals surface area contributed by atoms with E-state index in [4.69, 9.17) is 0 Å². The van der Waals surface area contributed by atoms with Crippen LogP contribution in [0.15, 0.2) is 0 Å². The molecule has 0 saturated heterocycles. The Labute approximate surface area is 114 Å². The van der Waals surface area contributed by atoms with Gasteiger partial charge in [-0.3, -0.25) is 0 Å². The molecular formula is C15H26F3N. The Kier molecular flexibility index (Phi) is 5.15. The molecule has 1 unspecified atom stereocenters. The highest BCUT2D eigenvalue weighted by Gasteiger charge is 2.42. The van der Waals surface area contributed by atoms with Gasteiger partial charge in [0.05, 0.1) is 5.92 Å². The molecule has 2 saturated carbocycles. The van der Waals surface area contributed by atoms with E-state index in [9.17, 15) is 13.2 Å². The van der Waals surface area contributed by atoms with Crippen molar-refractivity contribution >= 4 is 0 Å². The van der Waals surface area contributed by atoms with Gasteiger partial charge in [0.2, 0.25) is 0 Å². The van der Waals surface area contributed by atoms with Gasteiger partial charge < -0.3 is 5.32 Å². The van der Waals surface area contributed by atoms with Crippen molar-refractivity contribution < 1.29 is 13.2 Å². The van der Waals surface area contributed by atoms with Crippen LogP contribution in [0.3, 0.4) is 0 Å². The lowest BCUT2D eigenvalue weighted by molar-refractivity contribution is -0.184. The van der Waals surface area contributed by atoms with Crippen molar-refractivity contribution in [3.05, 3.63) is 0 Å². The van der Waals surface area contributed by atoms with Gasteiger partial charge in [-0.1, -0.05) is 25.7 Å². The third-order valence-corrected chi connectivity index (χ3v) is 5.24. The van der Waals surface area contributed by atoms with Crippen molar-refractivity contribution in [1.29, 1.82) is 0 Å². The topological polar surface area (TPSA) is 12.0 Å². The minimum atomic E-state index is -3.98. The summed E-state index contributed by atoms with van der Waals surface area (Å²) in [5.74, 6) is 0.203. The van der Waals surface area contributed by atoms with Crippen LogP contribution in [0, 0.1) is 17.8 Å². The number of hydrogen-bond donors (Lipinski definition) is 1. The van der Waals surface area contributed by atoms with E-state index in [1.54, 1.807) is 0 Å². The summed E-state index contributed by atoms with van der Waals surface area (Å²) >= 11 is 0. The zero-order chi connectivity index (χ0) is 13.9. The largest absolute Gasteiger partial charge is 0.391 e. The van der Waals surface area contributed by atoms with Crippen LogP contribution in [0.1, 0.15) is 57.8 Å². The zero-order valence-electron chi connectivity index (χ0n) is 11.8. The Hall–Kier alpha value is -0.250. The van der Waals surface area contributed by atoms with Crippen LogP contribution < -0.4 is 5.32 Å². The number of halogens is 3. The van der Waals surface area contributed by atoms with Crippen LogP contribution in [0.2, 0.25) is 0 Å². The van der Waals surface area contributed by atoms with Gasteiger partial charge in [-0.25, -0.2) is 0 Å². The Morgan fingerprint density at radius 3 is 2.05 bits per heavy atom. The summed E-state index contributed by atoms with van der Waals surface area (Å²) in [4.78, 5) is 0. The van der Waals surface area contributed by atoms with E-state index in [0.29, 0.717) is 24.8 Å². The summed E-state index contributed by atoms with van der Waals surface area (Å²) in [6, 6.07) is 0.428. The van der Waals surface area contributed by atoms with Gasteiger partial charge in [0.1, 0.15) is 0 Å². The molecule has 2 rings (SSSR count). The Morgan fingerprint density at radius 2 is 1.58 bits per heavy atom. The van der Waals surface area contributed by atoms with E-state index in [-0.39, 0.29) is 0 Å². The van der Waals surface area contributed by atoms with Gasteiger partial charge in [-0.2, -0.15) is 13.2 Å². The van der Waals surface area contributed by atoms with E-state index >= 15 is 0 Å². The first kappa shape index (κ1) is 15.1. The monoisotopic (exact) mass is 277 g/mol. The molecule has 0 aromatic rings. The van der Waals surface area contributed by atoms with Crippen LogP contribution in [-0.4, -0.2) is 19.3 Å². The minimum Gasteiger partial charge on any atom is -0.317 e. The first-order valence-corrected chi connectivity index (χ1v) is 7.74. The fourth-order valence-corrected chi connectivity index (χ4v) is 4.00. The maximum absolute atomic E-state index is 12.7. The second kappa shape index (κ2) is 6.47. The summed E-state index contributed by atoms with van der Waals surface area (Å²) in [5.41, 5.74) is 0. The van der Waals surface area contributed by atoms with Crippen molar-refractivity contribution in [1.82, 2.24) is 5.32 Å². The van der Waals surface area contributed by atoms with Crippen LogP contribution in [0.4, 0.5) is 13.2 Å². The first-order valence-electron chi connectivity index (χ1n) is 7.74. The van der Waals surface area contributed by atoms with Gasteiger partial charge in [0.25, 0.3) is 0 Å². The SMILES string of the molecule is CNC(CC1CCCC1)C1CCC(C(F)(F)F)CC1. The van der Waals surface area contributed by atoms with Gasteiger partial charge in [-0.05, 0) is 51.0 Å². The fourth-order valence-electron chi connectivity index (χ4n) is 4.00. The van der Waals surface area contributed by atoms with Crippen molar-refractivity contribution in [2.75, 3.05) is 7.05 Å². The average Bonchev–Trinajstić information content (AvgIpc) is 2.88. The molecule has 19 heavy (non-hydrogen) atoms. The highest BCUT2D eigenvalue weighted by Crippen LogP contribution is 2.41. The summed E-state index contributed by atoms with van der Waals surface area (Å²) in [6.45, 7) is 0. The normalized spacial score (nSPS) is 31.6. The molecule has 2 aliphatic rings. The fraction of sp³-hybridized carbons (Fsp3) is 1.00. The van der Waals surface area contributed by atoms with E-state index < -0.39 is 12.1 Å². The zero-order valence-corrected chi connectivity index (χ0v) is 11.8. The highest BCUT2D eigenvalue weighted by atomic mass is 19.4. The molecule has 0 aromatic carbocycles. The molecule has 2 aliphatic carbocycles. The molecule has 0 bridgehead atoms. The predicted molar refractivity (Wildman–Crippen MR) is 70.9 cm³/mol. The molecule has 4 heteroatoms. The number of nitrogens with one attached hydrogen (secondary N) is 1. The second-order valence-electron chi connectivity index (χ2n) is 6.43. The Bertz CT molecular complexity index is 263. The maximum Gasteiger partial charge on any atom is 0.391 e. The van der Waals surface area contributed by atoms with Crippen molar-refractivity contribution in [2.45, 2.75) is 70.0 Å². The minimum absolute atomic E-state index is 0.330. The molecular weight excluding hydrogens is 251 g/mol. The number of alkyl halides is 3. The van der Waals surface area contributed by atoms with Crippen LogP contribution >= 0.6 is 0 Å². The van der Waals surface area contributed by atoms with Crippen molar-refractivity contribution in [3.8, 4) is 0 Å². The quantitative estimate of drug-likeness (QED) is 0.796. The standard InChI is InChI=1S/C15H26F3N/c1-19-14(10-11-4-2-3-5-11)12-6-8-13(9-7-12)15(16,17)18/h11-14,19H,2-10H2,1H3. The number of hydrogen-bond acceptors (Lipinski definition) is 1. The summed E-state index contributed by atoms with van der Waals surface area (Å²) in [6.07, 6.45) is 4.62. The molecule has 1 nitrogen and oxygen atoms in total. The first-order chi connectivity index (χ1) is 9.00. The van der Waals surface area contributed by atoms with Gasteiger partial charge >= 0.3 is 6.18 Å². The molecule has 0 amide bonds. The van der Waals surface area contributed by atoms with Crippen molar-refractivity contribution in [3.63, 3.8) is 0 Å². The molecule has 0 aliphatic heterocycles. The summed E-state index contributed by atoms with van der Waals surface area (Å²) in [7, 11) is 1.97. The van der Waals surface area contributed by atoms with Gasteiger partial charge in [0.15, 0.2) is 0 Å². The lowest BCUT2D eigenvalue weighted by Crippen LogP contribution is -2.39. The van der Waals surface area contributed by atoms with Crippen LogP contribution in [0.25, 0.3) is 0 Å². The number of rotatable bonds is 4. The third kappa shape index (κ3) is 4.11. The molecule has 2 fully saturated rings. The Balaban J connectivity index is 1.81. The highest BCUT2D eigenvalue weighted by molar-refractivity contribution is 4.85. The van der Waals surface area contributed by atoms with Crippen LogP contribution in [-0.2, 0) is 0 Å². The molecule has 1 N–H and O–H groups in total. The average molecular weight is 277 g/mol. The van der Waals surface area contributed by atoms with Crippen LogP contribution in [0.5, 0.6) is 0 Å². The van der Waals surface area contributed by atoms with Crippen molar-refractivity contribution in [2.24, 2.45) is 17.8 Å². The molecule has 1 atom stereocenters. The Morgan fingerprint density at radius 1 is 1.00 bits per heavy atom. The lowest BCUT2D eigenvalue weighted by Gasteiger charge is -2.35. The molecule has 0 radical (unpaired) electrons. The second-order valence-corrected chi connectivity index (χ2v) is 6.43. The smallest absolute Gasteiger partial charge is 0.317 e. The van der Waals surface area contributed by atoms with Gasteiger partial charge in [-0.15, -0.1) is 0 Å².